The zero-order valence-corrected chi connectivity index (χ0v) is 24.8. The minimum atomic E-state index is -4.33. The van der Waals surface area contributed by atoms with Crippen molar-refractivity contribution in [3.63, 3.8) is 0 Å². The van der Waals surface area contributed by atoms with E-state index < -0.39 is 26.6 Å². The molecule has 1 unspecified atom stereocenters. The first-order chi connectivity index (χ1) is 20.6. The lowest BCUT2D eigenvalue weighted by molar-refractivity contribution is 0.169. The number of nitrogens with one attached hydrogen (secondary N) is 1. The van der Waals surface area contributed by atoms with Gasteiger partial charge >= 0.3 is 0 Å². The van der Waals surface area contributed by atoms with E-state index in [-0.39, 0.29) is 17.1 Å². The number of rotatable bonds is 11. The normalized spacial score (nSPS) is 15.8. The monoisotopic (exact) mass is 612 g/mol. The number of anilines is 2. The summed E-state index contributed by atoms with van der Waals surface area (Å²) in [5.74, 6) is 0.0598. The first-order valence-electron chi connectivity index (χ1n) is 14.0. The summed E-state index contributed by atoms with van der Waals surface area (Å²) in [6.45, 7) is 6.03. The van der Waals surface area contributed by atoms with E-state index in [1.807, 2.05) is 0 Å². The lowest BCUT2D eigenvalue weighted by Gasteiger charge is -2.30. The summed E-state index contributed by atoms with van der Waals surface area (Å²) < 4.78 is 74.2. The summed E-state index contributed by atoms with van der Waals surface area (Å²) in [6, 6.07) is 11.8. The molecule has 0 radical (unpaired) electrons. The molecule has 228 valence electrons. The molecular formula is C31H34F2N4O5S. The maximum Gasteiger partial charge on any atom is 0.264 e. The van der Waals surface area contributed by atoms with Crippen LogP contribution in [0.3, 0.4) is 0 Å². The number of hydrogen-bond donors (Lipinski definition) is 2. The highest BCUT2D eigenvalue weighted by Gasteiger charge is 2.21. The van der Waals surface area contributed by atoms with Crippen LogP contribution >= 0.6 is 0 Å². The molecular weight excluding hydrogens is 578 g/mol. The molecule has 1 saturated heterocycles. The predicted molar refractivity (Wildman–Crippen MR) is 161 cm³/mol. The van der Waals surface area contributed by atoms with Crippen LogP contribution < -0.4 is 24.7 Å². The van der Waals surface area contributed by atoms with E-state index in [9.17, 15) is 12.8 Å². The highest BCUT2D eigenvalue weighted by Crippen LogP contribution is 2.38. The van der Waals surface area contributed by atoms with Crippen molar-refractivity contribution in [2.45, 2.75) is 31.1 Å². The lowest BCUT2D eigenvalue weighted by atomic mass is 10.0. The molecule has 12 heteroatoms. The van der Waals surface area contributed by atoms with Gasteiger partial charge in [-0.25, -0.2) is 17.2 Å². The molecule has 1 fully saturated rings. The predicted octanol–water partition coefficient (Wildman–Crippen LogP) is 6.20. The molecule has 0 amide bonds. The standard InChI is InChI=1S/C31H34F2N4O5S/c1-20-5-3-12-37(19-20)13-4-14-41-30-18-26-23(17-29(30)40-2)27(10-11-35-26)42-28-8-7-22(16-24(28)32)36-43(38,39)31-9-6-21(34)15-25(31)33/h6-11,15-18,20,36H,3-5,12-14,19,34H2,1-2H3. The smallest absolute Gasteiger partial charge is 0.264 e. The van der Waals surface area contributed by atoms with Crippen LogP contribution in [0.1, 0.15) is 26.2 Å². The first kappa shape index (κ1) is 30.3. The van der Waals surface area contributed by atoms with Crippen LogP contribution in [0.25, 0.3) is 10.9 Å². The largest absolute Gasteiger partial charge is 0.493 e. The Morgan fingerprint density at radius 1 is 1.02 bits per heavy atom. The van der Waals surface area contributed by atoms with E-state index in [0.29, 0.717) is 34.8 Å². The Labute approximate surface area is 249 Å². The van der Waals surface area contributed by atoms with Crippen LogP contribution in [-0.4, -0.2) is 51.7 Å². The molecule has 43 heavy (non-hydrogen) atoms. The molecule has 3 N–H and O–H groups in total. The number of halogens is 2. The molecule has 0 bridgehead atoms. The molecule has 5 rings (SSSR count). The van der Waals surface area contributed by atoms with Gasteiger partial charge in [0.05, 0.1) is 24.9 Å². The summed E-state index contributed by atoms with van der Waals surface area (Å²) in [5.41, 5.74) is 6.02. The lowest BCUT2D eigenvalue weighted by Crippen LogP contribution is -2.35. The zero-order chi connectivity index (χ0) is 30.6. The molecule has 4 aromatic rings. The van der Waals surface area contributed by atoms with Crippen molar-refractivity contribution in [3.8, 4) is 23.0 Å². The molecule has 9 nitrogen and oxygen atoms in total. The number of methoxy groups -OCH3 is 1. The fourth-order valence-corrected chi connectivity index (χ4v) is 6.27. The minimum absolute atomic E-state index is 0.0759. The molecule has 0 saturated carbocycles. The van der Waals surface area contributed by atoms with Gasteiger partial charge in [0.15, 0.2) is 23.1 Å². The van der Waals surface area contributed by atoms with E-state index in [0.717, 1.165) is 50.2 Å². The number of sulfonamides is 1. The summed E-state index contributed by atoms with van der Waals surface area (Å²) in [7, 11) is -2.79. The Hall–Kier alpha value is -4.16. The van der Waals surface area contributed by atoms with Crippen molar-refractivity contribution in [2.24, 2.45) is 5.92 Å². The number of aromatic nitrogens is 1. The molecule has 0 spiro atoms. The average molecular weight is 613 g/mol. The van der Waals surface area contributed by atoms with Gasteiger partial charge < -0.3 is 24.8 Å². The van der Waals surface area contributed by atoms with Crippen LogP contribution in [0.5, 0.6) is 23.0 Å². The maximum atomic E-state index is 15.1. The number of ether oxygens (including phenoxy) is 3. The highest BCUT2D eigenvalue weighted by atomic mass is 32.2. The van der Waals surface area contributed by atoms with Crippen LogP contribution in [0.4, 0.5) is 20.2 Å². The minimum Gasteiger partial charge on any atom is -0.493 e. The van der Waals surface area contributed by atoms with Crippen LogP contribution in [0, 0.1) is 17.6 Å². The second kappa shape index (κ2) is 13.0. The number of fused-ring (bicyclic) bond motifs is 1. The van der Waals surface area contributed by atoms with Crippen LogP contribution in [0.15, 0.2) is 65.7 Å². The van der Waals surface area contributed by atoms with Gasteiger partial charge in [0, 0.05) is 42.5 Å². The molecule has 1 aliphatic rings. The second-order valence-corrected chi connectivity index (χ2v) is 12.3. The Morgan fingerprint density at radius 2 is 1.86 bits per heavy atom. The van der Waals surface area contributed by atoms with E-state index >= 15 is 4.39 Å². The van der Waals surface area contributed by atoms with Gasteiger partial charge in [-0.05, 0) is 74.2 Å². The first-order valence-corrected chi connectivity index (χ1v) is 15.5. The fourth-order valence-electron chi connectivity index (χ4n) is 5.16. The number of benzene rings is 3. The molecule has 1 aromatic heterocycles. The third-order valence-corrected chi connectivity index (χ3v) is 8.67. The number of likely N-dealkylation sites (tertiary alicyclic amines) is 1. The number of hydrogen-bond acceptors (Lipinski definition) is 8. The molecule has 1 aliphatic heterocycles. The number of pyridine rings is 1. The summed E-state index contributed by atoms with van der Waals surface area (Å²) in [4.78, 5) is 6.28. The SMILES string of the molecule is COc1cc2c(Oc3ccc(NS(=O)(=O)c4ccc(N)cc4F)cc3F)ccnc2cc1OCCCN1CCCC(C)C1. The van der Waals surface area contributed by atoms with Crippen LogP contribution in [0.2, 0.25) is 0 Å². The highest BCUT2D eigenvalue weighted by molar-refractivity contribution is 7.92. The van der Waals surface area contributed by atoms with Crippen molar-refractivity contribution in [1.29, 1.82) is 0 Å². The summed E-state index contributed by atoms with van der Waals surface area (Å²) in [6.07, 6.45) is 4.93. The van der Waals surface area contributed by atoms with Crippen molar-refractivity contribution in [3.05, 3.63) is 72.4 Å². The molecule has 0 aliphatic carbocycles. The molecule has 1 atom stereocenters. The number of piperidine rings is 1. The Kier molecular flexibility index (Phi) is 9.16. The molecule has 2 heterocycles. The van der Waals surface area contributed by atoms with Gasteiger partial charge in [0.2, 0.25) is 0 Å². The third kappa shape index (κ3) is 7.26. The number of nitrogens with two attached hydrogens (primary N) is 1. The Morgan fingerprint density at radius 3 is 2.60 bits per heavy atom. The van der Waals surface area contributed by atoms with Gasteiger partial charge in [0.1, 0.15) is 16.5 Å². The topological polar surface area (TPSA) is 116 Å². The summed E-state index contributed by atoms with van der Waals surface area (Å²) >= 11 is 0. The van der Waals surface area contributed by atoms with Gasteiger partial charge in [0.25, 0.3) is 10.0 Å². The quantitative estimate of drug-likeness (QED) is 0.152. The van der Waals surface area contributed by atoms with Crippen molar-refractivity contribution in [1.82, 2.24) is 9.88 Å². The van der Waals surface area contributed by atoms with E-state index in [1.54, 1.807) is 18.2 Å². The molecule has 3 aromatic carbocycles. The van der Waals surface area contributed by atoms with Gasteiger partial charge in [-0.2, -0.15) is 0 Å². The van der Waals surface area contributed by atoms with Crippen molar-refractivity contribution >= 4 is 32.3 Å². The fraction of sp³-hybridized carbons (Fsp3) is 0.323. The van der Waals surface area contributed by atoms with Gasteiger partial charge in [-0.1, -0.05) is 6.92 Å². The van der Waals surface area contributed by atoms with Crippen molar-refractivity contribution in [2.75, 3.05) is 43.8 Å². The van der Waals surface area contributed by atoms with Gasteiger partial charge in [-0.3, -0.25) is 9.71 Å². The van der Waals surface area contributed by atoms with Gasteiger partial charge in [-0.15, -0.1) is 0 Å². The zero-order valence-electron chi connectivity index (χ0n) is 24.0. The number of nitrogen functional groups attached to an aromatic ring is 1. The maximum absolute atomic E-state index is 15.1. The average Bonchev–Trinajstić information content (AvgIpc) is 2.96. The number of nitrogens with zero attached hydrogens (tertiary/aromatic N) is 2. The van der Waals surface area contributed by atoms with Crippen LogP contribution in [-0.2, 0) is 10.0 Å². The second-order valence-electron chi connectivity index (χ2n) is 10.6. The van der Waals surface area contributed by atoms with E-state index in [4.69, 9.17) is 19.9 Å². The Balaban J connectivity index is 1.29. The van der Waals surface area contributed by atoms with E-state index in [2.05, 4.69) is 21.5 Å². The van der Waals surface area contributed by atoms with E-state index in [1.165, 1.54) is 44.3 Å². The summed E-state index contributed by atoms with van der Waals surface area (Å²) in [5, 5.41) is 0.567. The Bertz CT molecular complexity index is 1720. The van der Waals surface area contributed by atoms with Crippen molar-refractivity contribution < 1.29 is 31.4 Å². The third-order valence-electron chi connectivity index (χ3n) is 7.25.